The summed E-state index contributed by atoms with van der Waals surface area (Å²) in [4.78, 5) is 40.9. The molecule has 0 aliphatic carbocycles. The van der Waals surface area contributed by atoms with Crippen molar-refractivity contribution in [2.45, 2.75) is 31.8 Å². The third-order valence-corrected chi connectivity index (χ3v) is 5.88. The number of benzene rings is 1. The summed E-state index contributed by atoms with van der Waals surface area (Å²) in [6, 6.07) is 12.3. The number of carbonyl (C=O) groups is 3. The van der Waals surface area contributed by atoms with Crippen molar-refractivity contribution in [3.8, 4) is 0 Å². The summed E-state index contributed by atoms with van der Waals surface area (Å²) in [5.41, 5.74) is -0.474. The quantitative estimate of drug-likeness (QED) is 0.594. The van der Waals surface area contributed by atoms with Gasteiger partial charge in [0.1, 0.15) is 11.3 Å². The van der Waals surface area contributed by atoms with Crippen LogP contribution in [-0.2, 0) is 25.5 Å². The van der Waals surface area contributed by atoms with Crippen LogP contribution in [0, 0.1) is 11.8 Å². The number of esters is 1. The second kappa shape index (κ2) is 7.48. The Morgan fingerprint density at radius 2 is 1.90 bits per heavy atom. The van der Waals surface area contributed by atoms with Crippen LogP contribution in [0.1, 0.15) is 31.2 Å². The predicted molar refractivity (Wildman–Crippen MR) is 103 cm³/mol. The van der Waals surface area contributed by atoms with E-state index in [1.807, 2.05) is 30.3 Å². The van der Waals surface area contributed by atoms with Gasteiger partial charge in [-0.05, 0) is 31.5 Å². The molecule has 2 saturated heterocycles. The van der Waals surface area contributed by atoms with Gasteiger partial charge in [0, 0.05) is 13.0 Å². The van der Waals surface area contributed by atoms with E-state index in [9.17, 15) is 14.4 Å². The Balaban J connectivity index is 1.85. The van der Waals surface area contributed by atoms with Gasteiger partial charge in [-0.25, -0.2) is 0 Å². The molecule has 4 atom stereocenters. The first kappa shape index (κ1) is 19.4. The van der Waals surface area contributed by atoms with Gasteiger partial charge < -0.3 is 9.15 Å². The average Bonchev–Trinajstić information content (AvgIpc) is 3.41. The maximum absolute atomic E-state index is 13.3. The first-order valence-corrected chi connectivity index (χ1v) is 9.91. The summed E-state index contributed by atoms with van der Waals surface area (Å²) in [7, 11) is 0. The van der Waals surface area contributed by atoms with Crippen molar-refractivity contribution in [2.75, 3.05) is 13.2 Å². The Bertz CT molecular complexity index is 911. The van der Waals surface area contributed by atoms with E-state index in [1.165, 1.54) is 11.2 Å². The zero-order chi connectivity index (χ0) is 20.6. The molecule has 1 aromatic heterocycles. The summed E-state index contributed by atoms with van der Waals surface area (Å²) < 4.78 is 11.0. The van der Waals surface area contributed by atoms with Crippen LogP contribution in [0.5, 0.6) is 0 Å². The van der Waals surface area contributed by atoms with Crippen LogP contribution in [0.3, 0.4) is 0 Å². The van der Waals surface area contributed by atoms with Gasteiger partial charge in [-0.3, -0.25) is 24.6 Å². The lowest BCUT2D eigenvalue weighted by molar-refractivity contribution is -0.156. The number of furan rings is 1. The van der Waals surface area contributed by atoms with Crippen molar-refractivity contribution in [1.82, 2.24) is 10.2 Å². The van der Waals surface area contributed by atoms with Gasteiger partial charge >= 0.3 is 5.97 Å². The number of ether oxygens (including phenoxy) is 1. The van der Waals surface area contributed by atoms with E-state index in [-0.39, 0.29) is 31.4 Å². The molecule has 1 N–H and O–H groups in total. The number of fused-ring (bicyclic) bond motifs is 1. The van der Waals surface area contributed by atoms with Gasteiger partial charge in [-0.2, -0.15) is 0 Å². The molecule has 29 heavy (non-hydrogen) atoms. The van der Waals surface area contributed by atoms with E-state index in [1.54, 1.807) is 26.0 Å². The van der Waals surface area contributed by atoms with Crippen LogP contribution in [0.2, 0.25) is 0 Å². The number of likely N-dealkylation sites (tertiary alicyclic amines) is 1. The second-order valence-corrected chi connectivity index (χ2v) is 7.42. The Hall–Kier alpha value is -2.93. The highest BCUT2D eigenvalue weighted by Gasteiger charge is 2.69. The third kappa shape index (κ3) is 2.97. The smallest absolute Gasteiger partial charge is 0.327 e. The van der Waals surface area contributed by atoms with E-state index in [2.05, 4.69) is 5.32 Å². The highest BCUT2D eigenvalue weighted by atomic mass is 16.5. The Labute approximate surface area is 169 Å². The summed E-state index contributed by atoms with van der Waals surface area (Å²) in [5.74, 6) is -2.19. The molecule has 2 aliphatic heterocycles. The van der Waals surface area contributed by atoms with Crippen molar-refractivity contribution in [3.63, 3.8) is 0 Å². The number of carbonyl (C=O) groups excluding carboxylic acids is 3. The first-order valence-electron chi connectivity index (χ1n) is 9.91. The summed E-state index contributed by atoms with van der Waals surface area (Å²) in [6.07, 6.45) is 1.76. The lowest BCUT2D eigenvalue weighted by atomic mass is 9.76. The number of nitrogens with zero attached hydrogens (tertiary/aromatic N) is 1. The number of hydrogen-bond donors (Lipinski definition) is 1. The van der Waals surface area contributed by atoms with Crippen molar-refractivity contribution < 1.29 is 23.5 Å². The van der Waals surface area contributed by atoms with Gasteiger partial charge in [0.25, 0.3) is 0 Å². The van der Waals surface area contributed by atoms with Crippen molar-refractivity contribution in [3.05, 3.63) is 60.1 Å². The predicted octanol–water partition coefficient (Wildman–Crippen LogP) is 2.09. The fraction of sp³-hybridized carbons (Fsp3) is 0.409. The molecule has 2 fully saturated rings. The molecular formula is C22H24N2O5. The molecule has 4 rings (SSSR count). The monoisotopic (exact) mass is 396 g/mol. The summed E-state index contributed by atoms with van der Waals surface area (Å²) >= 11 is 0. The van der Waals surface area contributed by atoms with Gasteiger partial charge in [-0.1, -0.05) is 30.3 Å². The molecule has 0 saturated carbocycles. The maximum Gasteiger partial charge on any atom is 0.327 e. The third-order valence-electron chi connectivity index (χ3n) is 5.88. The fourth-order valence-electron chi connectivity index (χ4n) is 4.69. The molecule has 7 heteroatoms. The number of rotatable bonds is 6. The second-order valence-electron chi connectivity index (χ2n) is 7.42. The van der Waals surface area contributed by atoms with E-state index in [4.69, 9.17) is 9.15 Å². The maximum atomic E-state index is 13.3. The van der Waals surface area contributed by atoms with E-state index in [0.29, 0.717) is 5.76 Å². The summed E-state index contributed by atoms with van der Waals surface area (Å²) in [5, 5.41) is 3.31. The molecule has 2 aromatic rings. The van der Waals surface area contributed by atoms with Gasteiger partial charge in [0.15, 0.2) is 0 Å². The van der Waals surface area contributed by atoms with Crippen LogP contribution in [0.4, 0.5) is 0 Å². The molecule has 2 amide bonds. The normalized spacial score (nSPS) is 28.6. The van der Waals surface area contributed by atoms with Crippen molar-refractivity contribution in [2.24, 2.45) is 11.8 Å². The minimum absolute atomic E-state index is 0.180. The Morgan fingerprint density at radius 1 is 1.14 bits per heavy atom. The summed E-state index contributed by atoms with van der Waals surface area (Å²) in [6.45, 7) is 3.93. The topological polar surface area (TPSA) is 88.8 Å². The molecule has 0 unspecified atom stereocenters. The SMILES string of the molecule is CCOC(=O)[C@]1(Cc2ccccc2)N[C@@H](c2ccco2)[C@H]2C(=O)N(CC)C(=O)[C@@H]21. The highest BCUT2D eigenvalue weighted by molar-refractivity contribution is 6.09. The molecular weight excluding hydrogens is 372 g/mol. The lowest BCUT2D eigenvalue weighted by Gasteiger charge is -2.32. The zero-order valence-electron chi connectivity index (χ0n) is 16.5. The molecule has 1 aromatic carbocycles. The van der Waals surface area contributed by atoms with Crippen LogP contribution in [0.25, 0.3) is 0 Å². The average molecular weight is 396 g/mol. The molecule has 2 aliphatic rings. The van der Waals surface area contributed by atoms with Gasteiger partial charge in [0.2, 0.25) is 11.8 Å². The van der Waals surface area contributed by atoms with E-state index >= 15 is 0 Å². The number of imide groups is 1. The molecule has 3 heterocycles. The first-order chi connectivity index (χ1) is 14.0. The Kier molecular flexibility index (Phi) is 5.00. The van der Waals surface area contributed by atoms with Crippen molar-refractivity contribution >= 4 is 17.8 Å². The highest BCUT2D eigenvalue weighted by Crippen LogP contribution is 2.50. The number of amides is 2. The Morgan fingerprint density at radius 3 is 2.52 bits per heavy atom. The molecule has 0 spiro atoms. The van der Waals surface area contributed by atoms with Gasteiger partial charge in [0.05, 0.1) is 30.7 Å². The van der Waals surface area contributed by atoms with Crippen LogP contribution >= 0.6 is 0 Å². The van der Waals surface area contributed by atoms with Crippen molar-refractivity contribution in [1.29, 1.82) is 0 Å². The minimum Gasteiger partial charge on any atom is -0.468 e. The molecule has 7 nitrogen and oxygen atoms in total. The lowest BCUT2D eigenvalue weighted by Crippen LogP contribution is -2.58. The zero-order valence-corrected chi connectivity index (χ0v) is 16.5. The van der Waals surface area contributed by atoms with E-state index in [0.717, 1.165) is 5.56 Å². The van der Waals surface area contributed by atoms with E-state index < -0.39 is 29.4 Å². The van der Waals surface area contributed by atoms with Crippen LogP contribution in [0.15, 0.2) is 53.1 Å². The molecule has 152 valence electrons. The largest absolute Gasteiger partial charge is 0.468 e. The number of hydrogen-bond acceptors (Lipinski definition) is 6. The van der Waals surface area contributed by atoms with Gasteiger partial charge in [-0.15, -0.1) is 0 Å². The van der Waals surface area contributed by atoms with Crippen LogP contribution in [-0.4, -0.2) is 41.4 Å². The standard InChI is InChI=1S/C22H24N2O5/c1-3-24-19(25)16-17(20(24)26)22(21(27)28-4-2,13-14-9-6-5-7-10-14)23-18(16)15-11-8-12-29-15/h5-12,16-18,23H,3-4,13H2,1-2H3/t16-,17+,18-,22+/m0/s1. The molecule has 0 radical (unpaired) electrons. The molecule has 0 bridgehead atoms. The minimum atomic E-state index is -1.35. The fourth-order valence-corrected chi connectivity index (χ4v) is 4.69. The number of nitrogens with one attached hydrogen (secondary N) is 1. The van der Waals surface area contributed by atoms with Crippen LogP contribution < -0.4 is 5.32 Å².